The number of anilines is 1. The topological polar surface area (TPSA) is 42.1 Å². The first-order valence-electron chi connectivity index (χ1n) is 5.01. The van der Waals surface area contributed by atoms with Gasteiger partial charge in [0, 0.05) is 18.1 Å². The summed E-state index contributed by atoms with van der Waals surface area (Å²) in [6.45, 7) is 0. The fourth-order valence-electron chi connectivity index (χ4n) is 1.28. The van der Waals surface area contributed by atoms with Crippen LogP contribution in [0.4, 0.5) is 5.69 Å². The monoisotopic (exact) mass is 261 g/mol. The number of rotatable bonds is 3. The standard InChI is InChI=1S/C12H11N3S2/c13-12(16)15(10-6-2-1-3-7-10)17-11-8-4-5-9-14-11/h1-9H,(H2,13,16). The van der Waals surface area contributed by atoms with Crippen LogP contribution in [0.2, 0.25) is 0 Å². The van der Waals surface area contributed by atoms with E-state index in [4.69, 9.17) is 18.0 Å². The molecule has 0 aliphatic rings. The number of nitrogens with two attached hydrogens (primary N) is 1. The molecule has 0 saturated carbocycles. The Morgan fingerprint density at radius 1 is 1.12 bits per heavy atom. The van der Waals surface area contributed by atoms with Crippen LogP contribution in [0.25, 0.3) is 0 Å². The molecular weight excluding hydrogens is 250 g/mol. The molecule has 0 aliphatic carbocycles. The maximum absolute atomic E-state index is 5.73. The number of benzene rings is 1. The molecule has 0 amide bonds. The largest absolute Gasteiger partial charge is 0.375 e. The predicted molar refractivity (Wildman–Crippen MR) is 75.8 cm³/mol. The van der Waals surface area contributed by atoms with Crippen LogP contribution in [0.5, 0.6) is 0 Å². The van der Waals surface area contributed by atoms with Crippen molar-refractivity contribution >= 4 is 35.0 Å². The van der Waals surface area contributed by atoms with Crippen LogP contribution in [0, 0.1) is 0 Å². The van der Waals surface area contributed by atoms with Gasteiger partial charge in [0.2, 0.25) is 0 Å². The molecule has 0 unspecified atom stereocenters. The van der Waals surface area contributed by atoms with Crippen LogP contribution < -0.4 is 10.0 Å². The molecule has 0 fully saturated rings. The smallest absolute Gasteiger partial charge is 0.181 e. The number of thiocarbonyl (C=S) groups is 1. The first-order chi connectivity index (χ1) is 8.27. The highest BCUT2D eigenvalue weighted by molar-refractivity contribution is 8.02. The zero-order chi connectivity index (χ0) is 12.1. The molecule has 1 heterocycles. The van der Waals surface area contributed by atoms with E-state index >= 15 is 0 Å². The quantitative estimate of drug-likeness (QED) is 0.680. The Hall–Kier alpha value is -1.59. The molecule has 0 aliphatic heterocycles. The molecule has 86 valence electrons. The summed E-state index contributed by atoms with van der Waals surface area (Å²) >= 11 is 6.46. The molecule has 0 spiro atoms. The van der Waals surface area contributed by atoms with Crippen molar-refractivity contribution in [1.82, 2.24) is 4.98 Å². The lowest BCUT2D eigenvalue weighted by atomic mass is 10.3. The van der Waals surface area contributed by atoms with E-state index in [0.717, 1.165) is 10.7 Å². The first kappa shape index (κ1) is 11.9. The lowest BCUT2D eigenvalue weighted by molar-refractivity contribution is 1.13. The highest BCUT2D eigenvalue weighted by Gasteiger charge is 2.11. The van der Waals surface area contributed by atoms with Crippen molar-refractivity contribution in [2.75, 3.05) is 4.31 Å². The Balaban J connectivity index is 2.23. The van der Waals surface area contributed by atoms with Crippen LogP contribution >= 0.6 is 24.2 Å². The van der Waals surface area contributed by atoms with Gasteiger partial charge >= 0.3 is 0 Å². The van der Waals surface area contributed by atoms with Crippen molar-refractivity contribution in [1.29, 1.82) is 0 Å². The second-order valence-electron chi connectivity index (χ2n) is 3.23. The maximum Gasteiger partial charge on any atom is 0.181 e. The highest BCUT2D eigenvalue weighted by atomic mass is 32.2. The van der Waals surface area contributed by atoms with Gasteiger partial charge in [-0.2, -0.15) is 0 Å². The molecule has 0 radical (unpaired) electrons. The molecular formula is C12H11N3S2. The lowest BCUT2D eigenvalue weighted by Gasteiger charge is -2.20. The summed E-state index contributed by atoms with van der Waals surface area (Å²) in [5.41, 5.74) is 6.67. The molecule has 0 atom stereocenters. The second kappa shape index (κ2) is 5.65. The molecule has 3 nitrogen and oxygen atoms in total. The molecule has 5 heteroatoms. The maximum atomic E-state index is 5.73. The van der Waals surface area contributed by atoms with Crippen LogP contribution in [-0.2, 0) is 0 Å². The summed E-state index contributed by atoms with van der Waals surface area (Å²) in [5.74, 6) is 0. The summed E-state index contributed by atoms with van der Waals surface area (Å²) in [7, 11) is 0. The fraction of sp³-hybridized carbons (Fsp3) is 0. The zero-order valence-electron chi connectivity index (χ0n) is 8.98. The van der Waals surface area contributed by atoms with Crippen molar-refractivity contribution in [3.8, 4) is 0 Å². The molecule has 0 bridgehead atoms. The normalized spacial score (nSPS) is 9.88. The fourth-order valence-corrected chi connectivity index (χ4v) is 2.25. The van der Waals surface area contributed by atoms with Gasteiger partial charge in [-0.15, -0.1) is 0 Å². The van der Waals surface area contributed by atoms with Gasteiger partial charge in [0.05, 0.1) is 5.69 Å². The minimum absolute atomic E-state index is 0.312. The minimum Gasteiger partial charge on any atom is -0.375 e. The number of hydrogen-bond donors (Lipinski definition) is 1. The predicted octanol–water partition coefficient (Wildman–Crippen LogP) is 2.84. The highest BCUT2D eigenvalue weighted by Crippen LogP contribution is 2.26. The summed E-state index contributed by atoms with van der Waals surface area (Å²) in [6, 6.07) is 15.5. The SMILES string of the molecule is NC(=S)N(Sc1ccccn1)c1ccccc1. The van der Waals surface area contributed by atoms with E-state index in [-0.39, 0.29) is 0 Å². The van der Waals surface area contributed by atoms with Crippen molar-refractivity contribution < 1.29 is 0 Å². The van der Waals surface area contributed by atoms with E-state index in [9.17, 15) is 0 Å². The summed E-state index contributed by atoms with van der Waals surface area (Å²) < 4.78 is 1.78. The Labute approximate surface area is 110 Å². The van der Waals surface area contributed by atoms with Crippen LogP contribution in [0.1, 0.15) is 0 Å². The van der Waals surface area contributed by atoms with Crippen molar-refractivity contribution in [3.05, 3.63) is 54.7 Å². The number of aromatic nitrogens is 1. The van der Waals surface area contributed by atoms with E-state index in [1.807, 2.05) is 48.5 Å². The van der Waals surface area contributed by atoms with Gasteiger partial charge < -0.3 is 5.73 Å². The van der Waals surface area contributed by atoms with Crippen LogP contribution in [0.15, 0.2) is 59.8 Å². The van der Waals surface area contributed by atoms with E-state index in [1.165, 1.54) is 11.9 Å². The van der Waals surface area contributed by atoms with Gasteiger partial charge in [-0.25, -0.2) is 4.98 Å². The van der Waals surface area contributed by atoms with Gasteiger partial charge in [-0.05, 0) is 36.5 Å². The van der Waals surface area contributed by atoms with E-state index in [2.05, 4.69) is 4.98 Å². The third-order valence-corrected chi connectivity index (χ3v) is 3.33. The molecule has 1 aromatic heterocycles. The molecule has 1 aromatic carbocycles. The molecule has 17 heavy (non-hydrogen) atoms. The van der Waals surface area contributed by atoms with E-state index < -0.39 is 0 Å². The molecule has 2 aromatic rings. The van der Waals surface area contributed by atoms with E-state index in [0.29, 0.717) is 5.11 Å². The second-order valence-corrected chi connectivity index (χ2v) is 4.61. The van der Waals surface area contributed by atoms with E-state index in [1.54, 1.807) is 10.5 Å². The first-order valence-corrected chi connectivity index (χ1v) is 6.19. The van der Waals surface area contributed by atoms with Gasteiger partial charge in [-0.3, -0.25) is 4.31 Å². The van der Waals surface area contributed by atoms with Crippen LogP contribution in [-0.4, -0.2) is 10.1 Å². The molecule has 2 rings (SSSR count). The third kappa shape index (κ3) is 3.18. The molecule has 2 N–H and O–H groups in total. The number of nitrogens with zero attached hydrogens (tertiary/aromatic N) is 2. The van der Waals surface area contributed by atoms with Gasteiger partial charge in [0.1, 0.15) is 5.03 Å². The minimum atomic E-state index is 0.312. The Kier molecular flexibility index (Phi) is 3.95. The Morgan fingerprint density at radius 3 is 2.41 bits per heavy atom. The lowest BCUT2D eigenvalue weighted by Crippen LogP contribution is -2.29. The van der Waals surface area contributed by atoms with Crippen molar-refractivity contribution in [2.45, 2.75) is 5.03 Å². The van der Waals surface area contributed by atoms with Gasteiger partial charge in [-0.1, -0.05) is 24.3 Å². The average Bonchev–Trinajstić information content (AvgIpc) is 2.38. The van der Waals surface area contributed by atoms with Crippen molar-refractivity contribution in [2.24, 2.45) is 5.73 Å². The third-order valence-electron chi connectivity index (χ3n) is 2.01. The Morgan fingerprint density at radius 2 is 1.82 bits per heavy atom. The number of pyridine rings is 1. The Bertz CT molecular complexity index is 488. The average molecular weight is 261 g/mol. The van der Waals surface area contributed by atoms with Gasteiger partial charge in [0.15, 0.2) is 5.11 Å². The van der Waals surface area contributed by atoms with Gasteiger partial charge in [0.25, 0.3) is 0 Å². The number of para-hydroxylation sites is 1. The van der Waals surface area contributed by atoms with Crippen molar-refractivity contribution in [3.63, 3.8) is 0 Å². The number of hydrogen-bond acceptors (Lipinski definition) is 3. The summed E-state index contributed by atoms with van der Waals surface area (Å²) in [4.78, 5) is 4.23. The van der Waals surface area contributed by atoms with Crippen LogP contribution in [0.3, 0.4) is 0 Å². The molecule has 0 saturated heterocycles. The zero-order valence-corrected chi connectivity index (χ0v) is 10.6. The summed E-state index contributed by atoms with van der Waals surface area (Å²) in [6.07, 6.45) is 1.74. The summed E-state index contributed by atoms with van der Waals surface area (Å²) in [5, 5.41) is 1.16.